The summed E-state index contributed by atoms with van der Waals surface area (Å²) in [6.45, 7) is 5.42. The van der Waals surface area contributed by atoms with Crippen molar-refractivity contribution >= 4 is 11.9 Å². The first-order valence-corrected chi connectivity index (χ1v) is 7.99. The van der Waals surface area contributed by atoms with Crippen molar-refractivity contribution in [3.8, 4) is 0 Å². The second kappa shape index (κ2) is 7.42. The van der Waals surface area contributed by atoms with Gasteiger partial charge in [0.1, 0.15) is 0 Å². The molecule has 0 aliphatic carbocycles. The van der Waals surface area contributed by atoms with Crippen molar-refractivity contribution in [2.75, 3.05) is 13.1 Å². The molecular weight excluding hydrogens is 284 g/mol. The SMILES string of the molecule is CC[C@@H](C)c1cc(C(=O)N2CCC[C@H](CCC(=O)O)C2)on1. The van der Waals surface area contributed by atoms with E-state index in [1.807, 2.05) is 0 Å². The average Bonchev–Trinajstić information content (AvgIpc) is 3.01. The average molecular weight is 308 g/mol. The van der Waals surface area contributed by atoms with Gasteiger partial charge in [0.15, 0.2) is 0 Å². The van der Waals surface area contributed by atoms with Crippen molar-refractivity contribution in [1.29, 1.82) is 0 Å². The number of carboxylic acids is 1. The van der Waals surface area contributed by atoms with Crippen LogP contribution in [0.4, 0.5) is 0 Å². The number of amides is 1. The van der Waals surface area contributed by atoms with Crippen LogP contribution in [0.5, 0.6) is 0 Å². The van der Waals surface area contributed by atoms with E-state index in [1.54, 1.807) is 11.0 Å². The molecule has 0 unspecified atom stereocenters. The smallest absolute Gasteiger partial charge is 0.303 e. The van der Waals surface area contributed by atoms with Gasteiger partial charge in [-0.25, -0.2) is 0 Å². The van der Waals surface area contributed by atoms with Crippen LogP contribution in [-0.2, 0) is 4.79 Å². The first-order chi connectivity index (χ1) is 10.5. The van der Waals surface area contributed by atoms with Gasteiger partial charge in [0.05, 0.1) is 5.69 Å². The summed E-state index contributed by atoms with van der Waals surface area (Å²) in [5, 5.41) is 12.8. The van der Waals surface area contributed by atoms with Gasteiger partial charge in [-0.2, -0.15) is 0 Å². The monoisotopic (exact) mass is 308 g/mol. The molecule has 22 heavy (non-hydrogen) atoms. The van der Waals surface area contributed by atoms with Crippen LogP contribution < -0.4 is 0 Å². The highest BCUT2D eigenvalue weighted by Crippen LogP contribution is 2.24. The van der Waals surface area contributed by atoms with E-state index in [0.29, 0.717) is 19.5 Å². The third-order valence-electron chi connectivity index (χ3n) is 4.43. The van der Waals surface area contributed by atoms with Crippen LogP contribution in [0.1, 0.15) is 68.1 Å². The van der Waals surface area contributed by atoms with Gasteiger partial charge in [-0.15, -0.1) is 0 Å². The van der Waals surface area contributed by atoms with Gasteiger partial charge in [0.25, 0.3) is 5.91 Å². The van der Waals surface area contributed by atoms with E-state index in [-0.39, 0.29) is 29.9 Å². The fourth-order valence-electron chi connectivity index (χ4n) is 2.80. The molecule has 122 valence electrons. The van der Waals surface area contributed by atoms with Crippen LogP contribution in [0.15, 0.2) is 10.6 Å². The van der Waals surface area contributed by atoms with Gasteiger partial charge in [0.2, 0.25) is 5.76 Å². The summed E-state index contributed by atoms with van der Waals surface area (Å²) >= 11 is 0. The molecule has 0 spiro atoms. The van der Waals surface area contributed by atoms with E-state index in [0.717, 1.165) is 25.0 Å². The zero-order chi connectivity index (χ0) is 16.1. The Kier molecular flexibility index (Phi) is 5.57. The molecule has 1 aliphatic rings. The van der Waals surface area contributed by atoms with Gasteiger partial charge in [-0.1, -0.05) is 19.0 Å². The highest BCUT2D eigenvalue weighted by Gasteiger charge is 2.27. The molecule has 1 aromatic rings. The Hall–Kier alpha value is -1.85. The summed E-state index contributed by atoms with van der Waals surface area (Å²) in [7, 11) is 0. The van der Waals surface area contributed by atoms with Crippen LogP contribution in [0.3, 0.4) is 0 Å². The largest absolute Gasteiger partial charge is 0.481 e. The highest BCUT2D eigenvalue weighted by molar-refractivity contribution is 5.91. The molecule has 1 aliphatic heterocycles. The second-order valence-corrected chi connectivity index (χ2v) is 6.12. The van der Waals surface area contributed by atoms with Crippen molar-refractivity contribution < 1.29 is 19.2 Å². The molecular formula is C16H24N2O4. The lowest BCUT2D eigenvalue weighted by atomic mass is 9.93. The number of hydrogen-bond acceptors (Lipinski definition) is 4. The standard InChI is InChI=1S/C16H24N2O4/c1-3-11(2)13-9-14(22-17-13)16(21)18-8-4-5-12(10-18)6-7-15(19)20/h9,11-12H,3-8,10H2,1-2H3,(H,19,20)/t11-,12-/m1/s1. The van der Waals surface area contributed by atoms with Crippen molar-refractivity contribution in [2.24, 2.45) is 5.92 Å². The lowest BCUT2D eigenvalue weighted by Crippen LogP contribution is -2.39. The molecule has 1 fully saturated rings. The minimum absolute atomic E-state index is 0.137. The van der Waals surface area contributed by atoms with E-state index in [4.69, 9.17) is 9.63 Å². The number of piperidine rings is 1. The maximum atomic E-state index is 12.5. The van der Waals surface area contributed by atoms with Gasteiger partial charge < -0.3 is 14.5 Å². The first-order valence-electron chi connectivity index (χ1n) is 7.99. The third kappa shape index (κ3) is 4.08. The maximum absolute atomic E-state index is 12.5. The highest BCUT2D eigenvalue weighted by atomic mass is 16.5. The molecule has 2 heterocycles. The Bertz CT molecular complexity index is 526. The van der Waals surface area contributed by atoms with Crippen molar-refractivity contribution in [2.45, 2.75) is 51.9 Å². The van der Waals surface area contributed by atoms with Crippen molar-refractivity contribution in [3.63, 3.8) is 0 Å². The van der Waals surface area contributed by atoms with E-state index in [9.17, 15) is 9.59 Å². The minimum atomic E-state index is -0.781. The van der Waals surface area contributed by atoms with Gasteiger partial charge in [-0.05, 0) is 31.6 Å². The lowest BCUT2D eigenvalue weighted by molar-refractivity contribution is -0.137. The number of aromatic nitrogens is 1. The van der Waals surface area contributed by atoms with Crippen LogP contribution in [0.25, 0.3) is 0 Å². The number of carboxylic acid groups (broad SMARTS) is 1. The topological polar surface area (TPSA) is 83.6 Å². The zero-order valence-electron chi connectivity index (χ0n) is 13.2. The molecule has 1 aromatic heterocycles. The number of carbonyl (C=O) groups excluding carboxylic acids is 1. The number of aliphatic carboxylic acids is 1. The predicted molar refractivity (Wildman–Crippen MR) is 80.7 cm³/mol. The molecule has 0 radical (unpaired) electrons. The molecule has 0 bridgehead atoms. The van der Waals surface area contributed by atoms with E-state index < -0.39 is 5.97 Å². The fraction of sp³-hybridized carbons (Fsp3) is 0.688. The Labute approximate surface area is 130 Å². The molecule has 6 heteroatoms. The normalized spacial score (nSPS) is 19.9. The lowest BCUT2D eigenvalue weighted by Gasteiger charge is -2.31. The van der Waals surface area contributed by atoms with Crippen LogP contribution in [0.2, 0.25) is 0 Å². The van der Waals surface area contributed by atoms with Gasteiger partial charge in [-0.3, -0.25) is 9.59 Å². The Morgan fingerprint density at radius 3 is 3.00 bits per heavy atom. The Balaban J connectivity index is 1.96. The predicted octanol–water partition coefficient (Wildman–Crippen LogP) is 2.91. The van der Waals surface area contributed by atoms with Crippen LogP contribution >= 0.6 is 0 Å². The summed E-state index contributed by atoms with van der Waals surface area (Å²) < 4.78 is 5.20. The molecule has 1 saturated heterocycles. The van der Waals surface area contributed by atoms with Crippen molar-refractivity contribution in [3.05, 3.63) is 17.5 Å². The number of rotatable bonds is 6. The quantitative estimate of drug-likeness (QED) is 0.873. The number of hydrogen-bond donors (Lipinski definition) is 1. The van der Waals surface area contributed by atoms with E-state index in [2.05, 4.69) is 19.0 Å². The van der Waals surface area contributed by atoms with Crippen LogP contribution in [0, 0.1) is 5.92 Å². The molecule has 2 atom stereocenters. The number of likely N-dealkylation sites (tertiary alicyclic amines) is 1. The molecule has 0 aromatic carbocycles. The van der Waals surface area contributed by atoms with Gasteiger partial charge in [0, 0.05) is 31.5 Å². The molecule has 6 nitrogen and oxygen atoms in total. The molecule has 1 N–H and O–H groups in total. The summed E-state index contributed by atoms with van der Waals surface area (Å²) in [6.07, 6.45) is 3.61. The van der Waals surface area contributed by atoms with Crippen molar-refractivity contribution in [1.82, 2.24) is 10.1 Å². The van der Waals surface area contributed by atoms with Gasteiger partial charge >= 0.3 is 5.97 Å². The Morgan fingerprint density at radius 2 is 2.32 bits per heavy atom. The minimum Gasteiger partial charge on any atom is -0.481 e. The maximum Gasteiger partial charge on any atom is 0.303 e. The molecule has 2 rings (SSSR count). The fourth-order valence-corrected chi connectivity index (χ4v) is 2.80. The zero-order valence-corrected chi connectivity index (χ0v) is 13.2. The Morgan fingerprint density at radius 1 is 1.55 bits per heavy atom. The summed E-state index contributed by atoms with van der Waals surface area (Å²) in [4.78, 5) is 24.9. The molecule has 0 saturated carbocycles. The number of carbonyl (C=O) groups is 2. The summed E-state index contributed by atoms with van der Waals surface area (Å²) in [6, 6.07) is 1.73. The van der Waals surface area contributed by atoms with E-state index >= 15 is 0 Å². The summed E-state index contributed by atoms with van der Waals surface area (Å²) in [5.41, 5.74) is 0.810. The third-order valence-corrected chi connectivity index (χ3v) is 4.43. The molecule has 1 amide bonds. The summed E-state index contributed by atoms with van der Waals surface area (Å²) in [5.74, 6) is -0.103. The second-order valence-electron chi connectivity index (χ2n) is 6.12. The number of nitrogens with zero attached hydrogens (tertiary/aromatic N) is 2. The first kappa shape index (κ1) is 16.5. The van der Waals surface area contributed by atoms with Crippen LogP contribution in [-0.4, -0.2) is 40.1 Å². The van der Waals surface area contributed by atoms with E-state index in [1.165, 1.54) is 0 Å².